The minimum atomic E-state index is -3.45. The standard InChI is InChI=1S/C11H19N3O2S/c1-10(2)12-8-5-9-14-17(15,16)11-6-3-4-7-13-11/h3-4,6-7,10,12,14H,5,8-9H2,1-2H3. The van der Waals surface area contributed by atoms with Gasteiger partial charge in [-0.25, -0.2) is 18.1 Å². The highest BCUT2D eigenvalue weighted by Crippen LogP contribution is 2.02. The lowest BCUT2D eigenvalue weighted by atomic mass is 10.3. The molecule has 0 saturated heterocycles. The molecule has 0 aliphatic rings. The minimum absolute atomic E-state index is 0.0665. The van der Waals surface area contributed by atoms with Gasteiger partial charge in [0, 0.05) is 18.8 Å². The van der Waals surface area contributed by atoms with E-state index in [0.717, 1.165) is 13.0 Å². The first-order valence-corrected chi connectivity index (χ1v) is 7.15. The molecular weight excluding hydrogens is 238 g/mol. The van der Waals surface area contributed by atoms with Crippen LogP contribution in [0, 0.1) is 0 Å². The monoisotopic (exact) mass is 257 g/mol. The quantitative estimate of drug-likeness (QED) is 0.707. The van der Waals surface area contributed by atoms with Crippen LogP contribution in [0.2, 0.25) is 0 Å². The van der Waals surface area contributed by atoms with Crippen LogP contribution < -0.4 is 10.0 Å². The molecule has 0 amide bonds. The molecule has 0 saturated carbocycles. The average molecular weight is 257 g/mol. The van der Waals surface area contributed by atoms with Crippen molar-refractivity contribution < 1.29 is 8.42 Å². The van der Waals surface area contributed by atoms with Crippen LogP contribution in [0.15, 0.2) is 29.4 Å². The molecule has 1 heterocycles. The van der Waals surface area contributed by atoms with Crippen LogP contribution in [0.25, 0.3) is 0 Å². The Morgan fingerprint density at radius 1 is 1.29 bits per heavy atom. The molecule has 0 spiro atoms. The van der Waals surface area contributed by atoms with E-state index < -0.39 is 10.0 Å². The van der Waals surface area contributed by atoms with Crippen LogP contribution >= 0.6 is 0 Å². The van der Waals surface area contributed by atoms with Gasteiger partial charge in [0.2, 0.25) is 0 Å². The van der Waals surface area contributed by atoms with Gasteiger partial charge in [-0.05, 0) is 25.1 Å². The molecule has 0 aromatic carbocycles. The van der Waals surface area contributed by atoms with Gasteiger partial charge in [-0.3, -0.25) is 0 Å². The average Bonchev–Trinajstić information content (AvgIpc) is 2.29. The van der Waals surface area contributed by atoms with Crippen LogP contribution in [0.4, 0.5) is 0 Å². The van der Waals surface area contributed by atoms with Crippen molar-refractivity contribution in [1.29, 1.82) is 0 Å². The van der Waals surface area contributed by atoms with Crippen LogP contribution in [0.3, 0.4) is 0 Å². The molecule has 96 valence electrons. The summed E-state index contributed by atoms with van der Waals surface area (Å²) in [6, 6.07) is 5.24. The van der Waals surface area contributed by atoms with Gasteiger partial charge < -0.3 is 5.32 Å². The Hall–Kier alpha value is -0.980. The highest BCUT2D eigenvalue weighted by atomic mass is 32.2. The third-order valence-electron chi connectivity index (χ3n) is 2.11. The van der Waals surface area contributed by atoms with E-state index in [1.54, 1.807) is 12.1 Å². The van der Waals surface area contributed by atoms with E-state index in [4.69, 9.17) is 0 Å². The van der Waals surface area contributed by atoms with Crippen LogP contribution in [-0.4, -0.2) is 32.5 Å². The van der Waals surface area contributed by atoms with E-state index in [2.05, 4.69) is 28.9 Å². The summed E-state index contributed by atoms with van der Waals surface area (Å²) in [6.45, 7) is 5.32. The normalized spacial score (nSPS) is 11.9. The number of hydrogen-bond acceptors (Lipinski definition) is 4. The second-order valence-corrected chi connectivity index (χ2v) is 5.74. The smallest absolute Gasteiger partial charge is 0.258 e. The second kappa shape index (κ2) is 6.68. The Labute approximate surface area is 103 Å². The summed E-state index contributed by atoms with van der Waals surface area (Å²) in [5.74, 6) is 0. The maximum Gasteiger partial charge on any atom is 0.258 e. The van der Waals surface area contributed by atoms with Crippen molar-refractivity contribution >= 4 is 10.0 Å². The number of sulfonamides is 1. The Morgan fingerprint density at radius 2 is 2.06 bits per heavy atom. The summed E-state index contributed by atoms with van der Waals surface area (Å²) in [4.78, 5) is 3.81. The molecule has 0 aliphatic heterocycles. The van der Waals surface area contributed by atoms with E-state index in [0.29, 0.717) is 12.6 Å². The number of nitrogens with one attached hydrogen (secondary N) is 2. The van der Waals surface area contributed by atoms with Crippen molar-refractivity contribution in [3.63, 3.8) is 0 Å². The molecule has 0 atom stereocenters. The molecule has 17 heavy (non-hydrogen) atoms. The van der Waals surface area contributed by atoms with Crippen molar-refractivity contribution in [2.75, 3.05) is 13.1 Å². The fraction of sp³-hybridized carbons (Fsp3) is 0.545. The second-order valence-electron chi connectivity index (χ2n) is 4.03. The molecule has 0 unspecified atom stereocenters. The third kappa shape index (κ3) is 5.25. The van der Waals surface area contributed by atoms with E-state index in [-0.39, 0.29) is 5.03 Å². The molecule has 1 aromatic heterocycles. The Kier molecular flexibility index (Phi) is 5.54. The first-order chi connectivity index (χ1) is 8.02. The minimum Gasteiger partial charge on any atom is -0.314 e. The van der Waals surface area contributed by atoms with Gasteiger partial charge >= 0.3 is 0 Å². The van der Waals surface area contributed by atoms with Crippen molar-refractivity contribution in [2.24, 2.45) is 0 Å². The summed E-state index contributed by atoms with van der Waals surface area (Å²) < 4.78 is 26.0. The number of aromatic nitrogens is 1. The SMILES string of the molecule is CC(C)NCCCNS(=O)(=O)c1ccccn1. The molecule has 0 aliphatic carbocycles. The first-order valence-electron chi connectivity index (χ1n) is 5.66. The predicted molar refractivity (Wildman–Crippen MR) is 67.2 cm³/mol. The van der Waals surface area contributed by atoms with Gasteiger partial charge in [-0.1, -0.05) is 19.9 Å². The molecule has 2 N–H and O–H groups in total. The van der Waals surface area contributed by atoms with Crippen molar-refractivity contribution in [3.05, 3.63) is 24.4 Å². The maximum atomic E-state index is 11.7. The summed E-state index contributed by atoms with van der Waals surface area (Å²) in [5, 5.41) is 3.29. The van der Waals surface area contributed by atoms with Crippen molar-refractivity contribution in [1.82, 2.24) is 15.0 Å². The van der Waals surface area contributed by atoms with Gasteiger partial charge in [0.1, 0.15) is 0 Å². The van der Waals surface area contributed by atoms with E-state index in [9.17, 15) is 8.42 Å². The fourth-order valence-electron chi connectivity index (χ4n) is 1.27. The number of rotatable bonds is 7. The number of pyridine rings is 1. The van der Waals surface area contributed by atoms with E-state index >= 15 is 0 Å². The lowest BCUT2D eigenvalue weighted by molar-refractivity contribution is 0.553. The van der Waals surface area contributed by atoms with Crippen LogP contribution in [0.1, 0.15) is 20.3 Å². The highest BCUT2D eigenvalue weighted by Gasteiger charge is 2.13. The predicted octanol–water partition coefficient (Wildman–Crippen LogP) is 0.748. The molecular formula is C11H19N3O2S. The summed E-state index contributed by atoms with van der Waals surface area (Å²) in [6.07, 6.45) is 2.22. The molecule has 0 bridgehead atoms. The van der Waals surface area contributed by atoms with Gasteiger partial charge in [0.05, 0.1) is 0 Å². The Bertz CT molecular complexity index is 418. The lowest BCUT2D eigenvalue weighted by Gasteiger charge is -2.08. The molecule has 6 heteroatoms. The summed E-state index contributed by atoms with van der Waals surface area (Å²) in [7, 11) is -3.45. The topological polar surface area (TPSA) is 71.1 Å². The lowest BCUT2D eigenvalue weighted by Crippen LogP contribution is -2.30. The van der Waals surface area contributed by atoms with Gasteiger partial charge in [-0.2, -0.15) is 0 Å². The fourth-order valence-corrected chi connectivity index (χ4v) is 2.28. The summed E-state index contributed by atoms with van der Waals surface area (Å²) in [5.41, 5.74) is 0. The first kappa shape index (κ1) is 14.1. The molecule has 5 nitrogen and oxygen atoms in total. The third-order valence-corrected chi connectivity index (χ3v) is 3.49. The zero-order chi connectivity index (χ0) is 12.7. The highest BCUT2D eigenvalue weighted by molar-refractivity contribution is 7.89. The van der Waals surface area contributed by atoms with Gasteiger partial charge in [-0.15, -0.1) is 0 Å². The van der Waals surface area contributed by atoms with E-state index in [1.807, 2.05) is 0 Å². The van der Waals surface area contributed by atoms with E-state index in [1.165, 1.54) is 12.3 Å². The van der Waals surface area contributed by atoms with Gasteiger partial charge in [0.25, 0.3) is 10.0 Å². The van der Waals surface area contributed by atoms with Crippen molar-refractivity contribution in [2.45, 2.75) is 31.3 Å². The zero-order valence-corrected chi connectivity index (χ0v) is 11.0. The van der Waals surface area contributed by atoms with Crippen molar-refractivity contribution in [3.8, 4) is 0 Å². The van der Waals surface area contributed by atoms with Gasteiger partial charge in [0.15, 0.2) is 5.03 Å². The zero-order valence-electron chi connectivity index (χ0n) is 10.2. The largest absolute Gasteiger partial charge is 0.314 e. The molecule has 1 aromatic rings. The van der Waals surface area contributed by atoms with Crippen LogP contribution in [0.5, 0.6) is 0 Å². The molecule has 0 fully saturated rings. The molecule has 0 radical (unpaired) electrons. The maximum absolute atomic E-state index is 11.7. The number of nitrogens with zero attached hydrogens (tertiary/aromatic N) is 1. The molecule has 1 rings (SSSR count). The van der Waals surface area contributed by atoms with Crippen LogP contribution in [-0.2, 0) is 10.0 Å². The Balaban J connectivity index is 2.36. The Morgan fingerprint density at radius 3 is 2.65 bits per heavy atom. The summed E-state index contributed by atoms with van der Waals surface area (Å²) >= 11 is 0. The number of hydrogen-bond donors (Lipinski definition) is 2.